The molecule has 1 N–H and O–H groups in total. The molecular formula is C13H14FNO3. The van der Waals surface area contributed by atoms with Gasteiger partial charge in [-0.3, -0.25) is 9.59 Å². The van der Waals surface area contributed by atoms with E-state index < -0.39 is 11.9 Å². The SMILES string of the molecule is O=C(CNC(=O)C1CCCO1)c1ccc(F)cc1. The zero-order valence-electron chi connectivity index (χ0n) is 9.82. The van der Waals surface area contributed by atoms with E-state index in [2.05, 4.69) is 5.32 Å². The first-order valence-electron chi connectivity index (χ1n) is 5.85. The predicted molar refractivity (Wildman–Crippen MR) is 62.7 cm³/mol. The van der Waals surface area contributed by atoms with Gasteiger partial charge < -0.3 is 10.1 Å². The molecule has 1 amide bonds. The maximum Gasteiger partial charge on any atom is 0.249 e. The van der Waals surface area contributed by atoms with E-state index in [0.29, 0.717) is 18.6 Å². The normalized spacial score (nSPS) is 18.6. The first-order valence-corrected chi connectivity index (χ1v) is 5.85. The number of Topliss-reactive ketones (excluding diaryl/α,β-unsaturated/α-hetero) is 1. The van der Waals surface area contributed by atoms with E-state index in [0.717, 1.165) is 6.42 Å². The second-order valence-electron chi connectivity index (χ2n) is 4.15. The third-order valence-electron chi connectivity index (χ3n) is 2.81. The van der Waals surface area contributed by atoms with Gasteiger partial charge in [0, 0.05) is 12.2 Å². The summed E-state index contributed by atoms with van der Waals surface area (Å²) in [5.41, 5.74) is 0.379. The first-order chi connectivity index (χ1) is 8.66. The predicted octanol–water partition coefficient (Wildman–Crippen LogP) is 1.30. The molecule has 0 bridgehead atoms. The summed E-state index contributed by atoms with van der Waals surface area (Å²) in [5.74, 6) is -0.903. The fourth-order valence-electron chi connectivity index (χ4n) is 1.80. The van der Waals surface area contributed by atoms with E-state index in [9.17, 15) is 14.0 Å². The summed E-state index contributed by atoms with van der Waals surface area (Å²) < 4.78 is 17.9. The van der Waals surface area contributed by atoms with Crippen molar-refractivity contribution < 1.29 is 18.7 Å². The van der Waals surface area contributed by atoms with Crippen LogP contribution in [0.5, 0.6) is 0 Å². The topological polar surface area (TPSA) is 55.4 Å². The van der Waals surface area contributed by atoms with Crippen LogP contribution in [0.1, 0.15) is 23.2 Å². The minimum absolute atomic E-state index is 0.0929. The summed E-state index contributed by atoms with van der Waals surface area (Å²) in [5, 5.41) is 2.53. The van der Waals surface area contributed by atoms with Crippen LogP contribution in [-0.4, -0.2) is 30.9 Å². The van der Waals surface area contributed by atoms with Crippen LogP contribution in [0.25, 0.3) is 0 Å². The molecule has 96 valence electrons. The lowest BCUT2D eigenvalue weighted by Crippen LogP contribution is -2.37. The van der Waals surface area contributed by atoms with Crippen molar-refractivity contribution in [3.63, 3.8) is 0 Å². The summed E-state index contributed by atoms with van der Waals surface area (Å²) in [7, 11) is 0. The highest BCUT2D eigenvalue weighted by Gasteiger charge is 2.23. The minimum atomic E-state index is -0.439. The van der Waals surface area contributed by atoms with Gasteiger partial charge in [-0.15, -0.1) is 0 Å². The fraction of sp³-hybridized carbons (Fsp3) is 0.385. The number of ether oxygens (including phenoxy) is 1. The van der Waals surface area contributed by atoms with Gasteiger partial charge >= 0.3 is 0 Å². The molecule has 2 rings (SSSR count). The van der Waals surface area contributed by atoms with Crippen LogP contribution in [0.3, 0.4) is 0 Å². The number of carbonyl (C=O) groups is 2. The van der Waals surface area contributed by atoms with Crippen LogP contribution in [0.15, 0.2) is 24.3 Å². The van der Waals surface area contributed by atoms with Gasteiger partial charge in [0.15, 0.2) is 5.78 Å². The maximum absolute atomic E-state index is 12.7. The molecule has 1 saturated heterocycles. The molecule has 1 aliphatic rings. The highest BCUT2D eigenvalue weighted by molar-refractivity contribution is 5.99. The molecule has 5 heteroatoms. The Morgan fingerprint density at radius 3 is 2.67 bits per heavy atom. The Morgan fingerprint density at radius 1 is 1.33 bits per heavy atom. The van der Waals surface area contributed by atoms with Crippen molar-refractivity contribution in [2.45, 2.75) is 18.9 Å². The average Bonchev–Trinajstić information content (AvgIpc) is 2.90. The molecule has 1 aromatic rings. The third-order valence-corrected chi connectivity index (χ3v) is 2.81. The van der Waals surface area contributed by atoms with Gasteiger partial charge in [-0.05, 0) is 37.1 Å². The summed E-state index contributed by atoms with van der Waals surface area (Å²) in [6.45, 7) is 0.494. The van der Waals surface area contributed by atoms with Gasteiger partial charge in [-0.1, -0.05) is 0 Å². The second-order valence-corrected chi connectivity index (χ2v) is 4.15. The molecule has 0 aliphatic carbocycles. The molecular weight excluding hydrogens is 237 g/mol. The number of ketones is 1. The van der Waals surface area contributed by atoms with Crippen molar-refractivity contribution >= 4 is 11.7 Å². The lowest BCUT2D eigenvalue weighted by molar-refractivity contribution is -0.129. The van der Waals surface area contributed by atoms with Gasteiger partial charge in [0.1, 0.15) is 11.9 Å². The van der Waals surface area contributed by atoms with Gasteiger partial charge in [0.25, 0.3) is 0 Å². The zero-order chi connectivity index (χ0) is 13.0. The van der Waals surface area contributed by atoms with Crippen LogP contribution in [0.4, 0.5) is 4.39 Å². The van der Waals surface area contributed by atoms with Crippen molar-refractivity contribution in [3.8, 4) is 0 Å². The number of halogens is 1. The second kappa shape index (κ2) is 5.73. The fourth-order valence-corrected chi connectivity index (χ4v) is 1.80. The Bertz CT molecular complexity index is 438. The highest BCUT2D eigenvalue weighted by Crippen LogP contribution is 2.11. The molecule has 1 heterocycles. The Hall–Kier alpha value is -1.75. The van der Waals surface area contributed by atoms with E-state index >= 15 is 0 Å². The first kappa shape index (κ1) is 12.7. The number of carbonyl (C=O) groups excluding carboxylic acids is 2. The van der Waals surface area contributed by atoms with E-state index in [1.54, 1.807) is 0 Å². The van der Waals surface area contributed by atoms with Crippen molar-refractivity contribution in [1.29, 1.82) is 0 Å². The van der Waals surface area contributed by atoms with Crippen LogP contribution in [0.2, 0.25) is 0 Å². The molecule has 0 spiro atoms. The summed E-state index contributed by atoms with van der Waals surface area (Å²) >= 11 is 0. The Balaban J connectivity index is 1.84. The summed E-state index contributed by atoms with van der Waals surface area (Å²) in [6.07, 6.45) is 1.12. The van der Waals surface area contributed by atoms with Crippen molar-refractivity contribution in [3.05, 3.63) is 35.6 Å². The van der Waals surface area contributed by atoms with Crippen LogP contribution < -0.4 is 5.32 Å². The summed E-state index contributed by atoms with van der Waals surface area (Å²) in [4.78, 5) is 23.3. The Labute approximate surface area is 104 Å². The molecule has 1 aromatic carbocycles. The largest absolute Gasteiger partial charge is 0.368 e. The molecule has 0 aromatic heterocycles. The molecule has 18 heavy (non-hydrogen) atoms. The van der Waals surface area contributed by atoms with Crippen molar-refractivity contribution in [2.24, 2.45) is 0 Å². The average molecular weight is 251 g/mol. The number of amides is 1. The van der Waals surface area contributed by atoms with Gasteiger partial charge in [0.05, 0.1) is 6.54 Å². The highest BCUT2D eigenvalue weighted by atomic mass is 19.1. The smallest absolute Gasteiger partial charge is 0.249 e. The number of rotatable bonds is 4. The molecule has 4 nitrogen and oxygen atoms in total. The van der Waals surface area contributed by atoms with Gasteiger partial charge in [0.2, 0.25) is 5.91 Å². The Morgan fingerprint density at radius 2 is 2.06 bits per heavy atom. The molecule has 1 aliphatic heterocycles. The van der Waals surface area contributed by atoms with Crippen molar-refractivity contribution in [1.82, 2.24) is 5.32 Å². The van der Waals surface area contributed by atoms with Gasteiger partial charge in [-0.25, -0.2) is 4.39 Å². The quantitative estimate of drug-likeness (QED) is 0.821. The number of hydrogen-bond acceptors (Lipinski definition) is 3. The van der Waals surface area contributed by atoms with E-state index in [1.165, 1.54) is 24.3 Å². The lowest BCUT2D eigenvalue weighted by atomic mass is 10.1. The maximum atomic E-state index is 12.7. The molecule has 1 unspecified atom stereocenters. The van der Waals surface area contributed by atoms with E-state index in [1.807, 2.05) is 0 Å². The number of hydrogen-bond donors (Lipinski definition) is 1. The number of nitrogens with one attached hydrogen (secondary N) is 1. The molecule has 1 atom stereocenters. The molecule has 0 saturated carbocycles. The number of benzene rings is 1. The third kappa shape index (κ3) is 3.13. The molecule has 1 fully saturated rings. The zero-order valence-corrected chi connectivity index (χ0v) is 9.82. The minimum Gasteiger partial charge on any atom is -0.368 e. The Kier molecular flexibility index (Phi) is 4.04. The van der Waals surface area contributed by atoms with E-state index in [4.69, 9.17) is 4.74 Å². The molecule has 0 radical (unpaired) electrons. The standard InChI is InChI=1S/C13H14FNO3/c14-10-5-3-9(4-6-10)11(16)8-15-13(17)12-2-1-7-18-12/h3-6,12H,1-2,7-8H2,(H,15,17). The summed E-state index contributed by atoms with van der Waals surface area (Å²) in [6, 6.07) is 5.23. The van der Waals surface area contributed by atoms with Crippen LogP contribution in [0, 0.1) is 5.82 Å². The van der Waals surface area contributed by atoms with Crippen molar-refractivity contribution in [2.75, 3.05) is 13.2 Å². The monoisotopic (exact) mass is 251 g/mol. The lowest BCUT2D eigenvalue weighted by Gasteiger charge is -2.09. The van der Waals surface area contributed by atoms with Crippen LogP contribution in [-0.2, 0) is 9.53 Å². The van der Waals surface area contributed by atoms with Gasteiger partial charge in [-0.2, -0.15) is 0 Å². The van der Waals surface area contributed by atoms with E-state index in [-0.39, 0.29) is 18.2 Å². The van der Waals surface area contributed by atoms with Crippen LogP contribution >= 0.6 is 0 Å².